The minimum Gasteiger partial charge on any atom is -0.480 e. The lowest BCUT2D eigenvalue weighted by Gasteiger charge is -2.33. The van der Waals surface area contributed by atoms with Gasteiger partial charge in [-0.25, -0.2) is 9.59 Å². The number of hydrogen-bond donors (Lipinski definition) is 2. The molecule has 0 radical (unpaired) electrons. The average molecular weight is 296 g/mol. The Hall–Kier alpha value is -1.52. The van der Waals surface area contributed by atoms with Crippen molar-refractivity contribution < 1.29 is 14.7 Å². The lowest BCUT2D eigenvalue weighted by molar-refractivity contribution is -0.140. The van der Waals surface area contributed by atoms with E-state index in [4.69, 9.17) is 0 Å². The fraction of sp³-hybridized carbons (Fsp3) is 0.750. The average Bonchev–Trinajstić information content (AvgIpc) is 2.42. The second-order valence-electron chi connectivity index (χ2n) is 6.83. The van der Waals surface area contributed by atoms with Gasteiger partial charge in [0.05, 0.1) is 0 Å². The second kappa shape index (κ2) is 6.96. The molecular weight excluding hydrogens is 268 g/mol. The highest BCUT2D eigenvalue weighted by molar-refractivity contribution is 5.83. The van der Waals surface area contributed by atoms with Gasteiger partial charge in [-0.1, -0.05) is 52.7 Å². The maximum atomic E-state index is 12.2. The molecule has 120 valence electrons. The Morgan fingerprint density at radius 3 is 2.43 bits per heavy atom. The number of nitrogens with one attached hydrogen (secondary N) is 1. The summed E-state index contributed by atoms with van der Waals surface area (Å²) < 4.78 is 0. The predicted molar refractivity (Wildman–Crippen MR) is 83.1 cm³/mol. The van der Waals surface area contributed by atoms with E-state index >= 15 is 0 Å². The summed E-state index contributed by atoms with van der Waals surface area (Å²) in [5.74, 6) is -1.06. The van der Waals surface area contributed by atoms with Crippen molar-refractivity contribution in [1.82, 2.24) is 10.2 Å². The molecule has 5 heteroatoms. The van der Waals surface area contributed by atoms with Crippen LogP contribution in [0.4, 0.5) is 4.79 Å². The van der Waals surface area contributed by atoms with Crippen molar-refractivity contribution >= 4 is 12.0 Å². The minimum absolute atomic E-state index is 0.0862. The van der Waals surface area contributed by atoms with Crippen LogP contribution in [0.25, 0.3) is 0 Å². The van der Waals surface area contributed by atoms with Crippen LogP contribution < -0.4 is 5.32 Å². The lowest BCUT2D eigenvalue weighted by atomic mass is 9.83. The van der Waals surface area contributed by atoms with Crippen LogP contribution in [-0.4, -0.2) is 41.1 Å². The van der Waals surface area contributed by atoms with Crippen molar-refractivity contribution in [1.29, 1.82) is 0 Å². The molecule has 1 rings (SSSR count). The highest BCUT2D eigenvalue weighted by Crippen LogP contribution is 2.30. The molecule has 2 unspecified atom stereocenters. The normalized spacial score (nSPS) is 18.7. The molecule has 5 nitrogen and oxygen atoms in total. The Bertz CT molecular complexity index is 424. The van der Waals surface area contributed by atoms with Crippen molar-refractivity contribution in [2.24, 2.45) is 11.3 Å². The van der Waals surface area contributed by atoms with E-state index in [1.807, 2.05) is 13.8 Å². The standard InChI is InChI=1S/C16H28N2O3/c1-6-11(2)13(14(19)20)17-15(21)18-9-7-12(8-10-18)16(3,4)5/h7,11,13H,6,8-10H2,1-5H3,(H,17,21)(H,19,20). The van der Waals surface area contributed by atoms with Crippen LogP contribution in [0.3, 0.4) is 0 Å². The predicted octanol–water partition coefficient (Wildman–Crippen LogP) is 2.87. The number of hydrogen-bond acceptors (Lipinski definition) is 2. The maximum absolute atomic E-state index is 12.2. The van der Waals surface area contributed by atoms with Gasteiger partial charge in [0.25, 0.3) is 0 Å². The first-order valence-corrected chi connectivity index (χ1v) is 7.64. The van der Waals surface area contributed by atoms with E-state index in [-0.39, 0.29) is 17.4 Å². The number of urea groups is 1. The molecule has 0 spiro atoms. The molecule has 0 aromatic rings. The van der Waals surface area contributed by atoms with Crippen molar-refractivity contribution in [3.05, 3.63) is 11.6 Å². The summed E-state index contributed by atoms with van der Waals surface area (Å²) in [6.07, 6.45) is 3.64. The van der Waals surface area contributed by atoms with Gasteiger partial charge in [0, 0.05) is 13.1 Å². The summed E-state index contributed by atoms with van der Waals surface area (Å²) in [6.45, 7) is 11.4. The van der Waals surface area contributed by atoms with Gasteiger partial charge in [-0.15, -0.1) is 0 Å². The zero-order valence-corrected chi connectivity index (χ0v) is 13.8. The summed E-state index contributed by atoms with van der Waals surface area (Å²) in [4.78, 5) is 25.1. The van der Waals surface area contributed by atoms with Crippen LogP contribution in [0.1, 0.15) is 47.5 Å². The van der Waals surface area contributed by atoms with E-state index in [0.717, 1.165) is 6.42 Å². The zero-order valence-electron chi connectivity index (χ0n) is 13.8. The molecule has 1 heterocycles. The highest BCUT2D eigenvalue weighted by Gasteiger charge is 2.29. The van der Waals surface area contributed by atoms with Gasteiger partial charge in [-0.05, 0) is 17.8 Å². The topological polar surface area (TPSA) is 69.6 Å². The van der Waals surface area contributed by atoms with Crippen LogP contribution in [-0.2, 0) is 4.79 Å². The summed E-state index contributed by atoms with van der Waals surface area (Å²) in [7, 11) is 0. The molecule has 0 fully saturated rings. The molecular formula is C16H28N2O3. The van der Waals surface area contributed by atoms with E-state index in [0.29, 0.717) is 19.5 Å². The first kappa shape index (κ1) is 17.5. The third-order valence-corrected chi connectivity index (χ3v) is 4.22. The smallest absolute Gasteiger partial charge is 0.326 e. The number of nitrogens with zero attached hydrogens (tertiary/aromatic N) is 1. The molecule has 1 aliphatic heterocycles. The van der Waals surface area contributed by atoms with E-state index in [9.17, 15) is 14.7 Å². The van der Waals surface area contributed by atoms with Crippen LogP contribution in [0, 0.1) is 11.3 Å². The molecule has 0 aromatic carbocycles. The van der Waals surface area contributed by atoms with Crippen LogP contribution in [0.5, 0.6) is 0 Å². The molecule has 2 amide bonds. The molecule has 0 saturated carbocycles. The molecule has 0 aliphatic carbocycles. The van der Waals surface area contributed by atoms with E-state index in [1.54, 1.807) is 4.90 Å². The van der Waals surface area contributed by atoms with Crippen molar-refractivity contribution in [3.63, 3.8) is 0 Å². The number of carboxylic acids is 1. The Balaban J connectivity index is 2.65. The maximum Gasteiger partial charge on any atom is 0.326 e. The monoisotopic (exact) mass is 296 g/mol. The van der Waals surface area contributed by atoms with Gasteiger partial charge in [-0.3, -0.25) is 0 Å². The van der Waals surface area contributed by atoms with Crippen LogP contribution in [0.15, 0.2) is 11.6 Å². The van der Waals surface area contributed by atoms with Crippen LogP contribution in [0.2, 0.25) is 0 Å². The van der Waals surface area contributed by atoms with Crippen molar-refractivity contribution in [2.45, 2.75) is 53.5 Å². The molecule has 0 bridgehead atoms. The Kier molecular flexibility index (Phi) is 5.81. The van der Waals surface area contributed by atoms with E-state index < -0.39 is 12.0 Å². The van der Waals surface area contributed by atoms with E-state index in [2.05, 4.69) is 32.2 Å². The number of carboxylic acid groups (broad SMARTS) is 1. The Labute approximate surface area is 127 Å². The number of amides is 2. The Morgan fingerprint density at radius 1 is 1.43 bits per heavy atom. The van der Waals surface area contributed by atoms with Gasteiger partial charge in [0.15, 0.2) is 0 Å². The Morgan fingerprint density at radius 2 is 2.05 bits per heavy atom. The second-order valence-corrected chi connectivity index (χ2v) is 6.83. The minimum atomic E-state index is -0.972. The quantitative estimate of drug-likeness (QED) is 0.784. The summed E-state index contributed by atoms with van der Waals surface area (Å²) in [6, 6.07) is -1.11. The molecule has 21 heavy (non-hydrogen) atoms. The fourth-order valence-corrected chi connectivity index (χ4v) is 2.44. The molecule has 2 atom stereocenters. The van der Waals surface area contributed by atoms with E-state index in [1.165, 1.54) is 5.57 Å². The summed E-state index contributed by atoms with van der Waals surface area (Å²) >= 11 is 0. The first-order valence-electron chi connectivity index (χ1n) is 7.64. The van der Waals surface area contributed by atoms with Gasteiger partial charge in [0.2, 0.25) is 0 Å². The zero-order chi connectivity index (χ0) is 16.2. The molecule has 1 aliphatic rings. The van der Waals surface area contributed by atoms with Crippen molar-refractivity contribution in [3.8, 4) is 0 Å². The fourth-order valence-electron chi connectivity index (χ4n) is 2.44. The number of carbonyl (C=O) groups is 2. The SMILES string of the molecule is CCC(C)C(NC(=O)N1CC=C(C(C)(C)C)CC1)C(=O)O. The summed E-state index contributed by atoms with van der Waals surface area (Å²) in [5, 5.41) is 11.9. The van der Waals surface area contributed by atoms with Gasteiger partial charge >= 0.3 is 12.0 Å². The highest BCUT2D eigenvalue weighted by atomic mass is 16.4. The van der Waals surface area contributed by atoms with Crippen molar-refractivity contribution in [2.75, 3.05) is 13.1 Å². The van der Waals surface area contributed by atoms with Gasteiger partial charge < -0.3 is 15.3 Å². The van der Waals surface area contributed by atoms with Gasteiger partial charge in [0.1, 0.15) is 6.04 Å². The third-order valence-electron chi connectivity index (χ3n) is 4.22. The molecule has 2 N–H and O–H groups in total. The number of rotatable bonds is 4. The third kappa shape index (κ3) is 4.76. The first-order chi connectivity index (χ1) is 9.66. The summed E-state index contributed by atoms with van der Waals surface area (Å²) in [5.41, 5.74) is 1.48. The molecule has 0 saturated heterocycles. The molecule has 0 aromatic heterocycles. The van der Waals surface area contributed by atoms with Gasteiger partial charge in [-0.2, -0.15) is 0 Å². The lowest BCUT2D eigenvalue weighted by Crippen LogP contribution is -2.51. The number of carbonyl (C=O) groups excluding carboxylic acids is 1. The number of aliphatic carboxylic acids is 1. The largest absolute Gasteiger partial charge is 0.480 e. The van der Waals surface area contributed by atoms with Crippen LogP contribution >= 0.6 is 0 Å².